The maximum absolute atomic E-state index is 12.5. The van der Waals surface area contributed by atoms with E-state index in [0.29, 0.717) is 18.7 Å². The van der Waals surface area contributed by atoms with E-state index in [1.807, 2.05) is 6.92 Å². The zero-order valence-corrected chi connectivity index (χ0v) is 11.5. The molecule has 4 nitrogen and oxygen atoms in total. The van der Waals surface area contributed by atoms with Crippen molar-refractivity contribution in [3.8, 4) is 0 Å². The fourth-order valence-electron chi connectivity index (χ4n) is 1.82. The zero-order valence-electron chi connectivity index (χ0n) is 11.5. The number of amides is 1. The fourth-order valence-corrected chi connectivity index (χ4v) is 1.82. The van der Waals surface area contributed by atoms with Crippen molar-refractivity contribution >= 4 is 11.6 Å². The van der Waals surface area contributed by atoms with Crippen LogP contribution in [0.15, 0.2) is 18.5 Å². The Labute approximate surface area is 116 Å². The molecule has 1 heterocycles. The molecule has 1 aromatic rings. The predicted octanol–water partition coefficient (Wildman–Crippen LogP) is 2.93. The van der Waals surface area contributed by atoms with Crippen LogP contribution in [0.25, 0.3) is 0 Å². The van der Waals surface area contributed by atoms with Crippen LogP contribution in [0.1, 0.15) is 30.6 Å². The molecule has 0 bridgehead atoms. The highest BCUT2D eigenvalue weighted by Gasteiger charge is 2.33. The molecule has 0 saturated heterocycles. The van der Waals surface area contributed by atoms with Crippen molar-refractivity contribution in [2.45, 2.75) is 26.4 Å². The normalized spacial score (nSPS) is 11.2. The first-order chi connectivity index (χ1) is 9.39. The standard InChI is InChI=1S/C13H18F3N3O/c1-3-7-19(9-13(14,15)16)12(20)10-5-6-17-8-11(10)18-4-2/h5-6,8,18H,3-4,7,9H2,1-2H3. The van der Waals surface area contributed by atoms with Crippen molar-refractivity contribution in [3.63, 3.8) is 0 Å². The lowest BCUT2D eigenvalue weighted by Crippen LogP contribution is -2.39. The molecule has 20 heavy (non-hydrogen) atoms. The summed E-state index contributed by atoms with van der Waals surface area (Å²) in [6.45, 7) is 2.94. The second-order valence-electron chi connectivity index (χ2n) is 4.29. The number of aromatic nitrogens is 1. The van der Waals surface area contributed by atoms with E-state index in [1.54, 1.807) is 6.92 Å². The number of hydrogen-bond donors (Lipinski definition) is 1. The number of nitrogens with one attached hydrogen (secondary N) is 1. The lowest BCUT2D eigenvalue weighted by Gasteiger charge is -2.24. The van der Waals surface area contributed by atoms with Gasteiger partial charge in [-0.15, -0.1) is 0 Å². The van der Waals surface area contributed by atoms with Crippen LogP contribution in [0, 0.1) is 0 Å². The smallest absolute Gasteiger partial charge is 0.383 e. The van der Waals surface area contributed by atoms with Crippen molar-refractivity contribution in [3.05, 3.63) is 24.0 Å². The summed E-state index contributed by atoms with van der Waals surface area (Å²) >= 11 is 0. The van der Waals surface area contributed by atoms with Crippen molar-refractivity contribution in [2.24, 2.45) is 0 Å². The summed E-state index contributed by atoms with van der Waals surface area (Å²) in [6.07, 6.45) is -1.11. The Morgan fingerprint density at radius 1 is 1.40 bits per heavy atom. The van der Waals surface area contributed by atoms with Gasteiger partial charge in [0, 0.05) is 19.3 Å². The fraction of sp³-hybridized carbons (Fsp3) is 0.538. The lowest BCUT2D eigenvalue weighted by atomic mass is 10.2. The van der Waals surface area contributed by atoms with Crippen molar-refractivity contribution < 1.29 is 18.0 Å². The minimum atomic E-state index is -4.41. The first-order valence-corrected chi connectivity index (χ1v) is 6.43. The Balaban J connectivity index is 3.00. The molecule has 0 fully saturated rings. The van der Waals surface area contributed by atoms with Gasteiger partial charge in [0.05, 0.1) is 17.4 Å². The second kappa shape index (κ2) is 7.12. The van der Waals surface area contributed by atoms with Gasteiger partial charge in [-0.05, 0) is 19.4 Å². The van der Waals surface area contributed by atoms with Gasteiger partial charge in [0.25, 0.3) is 5.91 Å². The van der Waals surface area contributed by atoms with Gasteiger partial charge in [0.2, 0.25) is 0 Å². The lowest BCUT2D eigenvalue weighted by molar-refractivity contribution is -0.140. The van der Waals surface area contributed by atoms with Crippen molar-refractivity contribution in [2.75, 3.05) is 25.0 Å². The molecule has 0 unspecified atom stereocenters. The Hall–Kier alpha value is -1.79. The molecule has 7 heteroatoms. The molecule has 0 saturated carbocycles. The molecule has 1 N–H and O–H groups in total. The molecular weight excluding hydrogens is 271 g/mol. The first-order valence-electron chi connectivity index (χ1n) is 6.43. The first kappa shape index (κ1) is 16.3. The SMILES string of the molecule is CCCN(CC(F)(F)F)C(=O)c1ccncc1NCC. The maximum Gasteiger partial charge on any atom is 0.406 e. The maximum atomic E-state index is 12.5. The molecule has 0 radical (unpaired) electrons. The highest BCUT2D eigenvalue weighted by atomic mass is 19.4. The summed E-state index contributed by atoms with van der Waals surface area (Å²) in [6, 6.07) is 1.43. The van der Waals surface area contributed by atoms with Crippen LogP contribution < -0.4 is 5.32 Å². The van der Waals surface area contributed by atoms with Crippen LogP contribution in [0.3, 0.4) is 0 Å². The Morgan fingerprint density at radius 2 is 2.10 bits per heavy atom. The average Bonchev–Trinajstić information content (AvgIpc) is 2.37. The number of halogens is 3. The summed E-state index contributed by atoms with van der Waals surface area (Å²) < 4.78 is 37.6. The molecule has 1 aromatic heterocycles. The molecule has 0 spiro atoms. The van der Waals surface area contributed by atoms with E-state index in [2.05, 4.69) is 10.3 Å². The van der Waals surface area contributed by atoms with Gasteiger partial charge < -0.3 is 10.2 Å². The van der Waals surface area contributed by atoms with Crippen LogP contribution in [-0.2, 0) is 0 Å². The molecule has 0 aliphatic rings. The number of nitrogens with zero attached hydrogens (tertiary/aromatic N) is 2. The van der Waals surface area contributed by atoms with Crippen LogP contribution >= 0.6 is 0 Å². The van der Waals surface area contributed by atoms with Gasteiger partial charge >= 0.3 is 6.18 Å². The van der Waals surface area contributed by atoms with Gasteiger partial charge in [-0.25, -0.2) is 0 Å². The third kappa shape index (κ3) is 4.71. The number of hydrogen-bond acceptors (Lipinski definition) is 3. The van der Waals surface area contributed by atoms with E-state index >= 15 is 0 Å². The van der Waals surface area contributed by atoms with Crippen LogP contribution in [0.4, 0.5) is 18.9 Å². The van der Waals surface area contributed by atoms with E-state index in [0.717, 1.165) is 4.90 Å². The summed E-state index contributed by atoms with van der Waals surface area (Å²) in [5, 5.41) is 2.93. The van der Waals surface area contributed by atoms with E-state index < -0.39 is 18.6 Å². The molecular formula is C13H18F3N3O. The highest BCUT2D eigenvalue weighted by Crippen LogP contribution is 2.21. The van der Waals surface area contributed by atoms with Crippen LogP contribution in [0.5, 0.6) is 0 Å². The van der Waals surface area contributed by atoms with E-state index in [-0.39, 0.29) is 12.1 Å². The topological polar surface area (TPSA) is 45.2 Å². The number of rotatable bonds is 6. The van der Waals surface area contributed by atoms with Gasteiger partial charge in [0.1, 0.15) is 6.54 Å². The van der Waals surface area contributed by atoms with Gasteiger partial charge in [-0.3, -0.25) is 9.78 Å². The molecule has 0 atom stereocenters. The van der Waals surface area contributed by atoms with Crippen LogP contribution in [0.2, 0.25) is 0 Å². The number of carbonyl (C=O) groups is 1. The minimum absolute atomic E-state index is 0.0617. The average molecular weight is 289 g/mol. The molecule has 0 aliphatic heterocycles. The van der Waals surface area contributed by atoms with E-state index in [1.165, 1.54) is 18.5 Å². The quantitative estimate of drug-likeness (QED) is 0.875. The number of anilines is 1. The summed E-state index contributed by atoms with van der Waals surface area (Å²) in [7, 11) is 0. The third-order valence-electron chi connectivity index (χ3n) is 2.57. The molecule has 112 valence electrons. The van der Waals surface area contributed by atoms with Crippen LogP contribution in [-0.4, -0.2) is 41.6 Å². The molecule has 1 amide bonds. The largest absolute Gasteiger partial charge is 0.406 e. The predicted molar refractivity (Wildman–Crippen MR) is 70.7 cm³/mol. The Kier molecular flexibility index (Phi) is 5.79. The minimum Gasteiger partial charge on any atom is -0.383 e. The monoisotopic (exact) mass is 289 g/mol. The number of alkyl halides is 3. The van der Waals surface area contributed by atoms with Gasteiger partial charge in [-0.1, -0.05) is 6.92 Å². The second-order valence-corrected chi connectivity index (χ2v) is 4.29. The number of carbonyl (C=O) groups excluding carboxylic acids is 1. The summed E-state index contributed by atoms with van der Waals surface area (Å²) in [5.74, 6) is -0.637. The van der Waals surface area contributed by atoms with E-state index in [4.69, 9.17) is 0 Å². The molecule has 1 rings (SSSR count). The summed E-state index contributed by atoms with van der Waals surface area (Å²) in [5.41, 5.74) is 0.655. The van der Waals surface area contributed by atoms with Crippen molar-refractivity contribution in [1.29, 1.82) is 0 Å². The van der Waals surface area contributed by atoms with E-state index in [9.17, 15) is 18.0 Å². The highest BCUT2D eigenvalue weighted by molar-refractivity contribution is 5.99. The zero-order chi connectivity index (χ0) is 15.2. The Bertz CT molecular complexity index is 449. The Morgan fingerprint density at radius 3 is 2.65 bits per heavy atom. The third-order valence-corrected chi connectivity index (χ3v) is 2.57. The number of pyridine rings is 1. The van der Waals surface area contributed by atoms with Gasteiger partial charge in [-0.2, -0.15) is 13.2 Å². The molecule has 0 aromatic carbocycles. The summed E-state index contributed by atoms with van der Waals surface area (Å²) in [4.78, 5) is 17.0. The van der Waals surface area contributed by atoms with Gasteiger partial charge in [0.15, 0.2) is 0 Å². The van der Waals surface area contributed by atoms with Crippen molar-refractivity contribution in [1.82, 2.24) is 9.88 Å². The molecule has 0 aliphatic carbocycles.